The van der Waals surface area contributed by atoms with E-state index in [0.29, 0.717) is 0 Å². The van der Waals surface area contributed by atoms with Crippen molar-refractivity contribution in [1.29, 1.82) is 0 Å². The van der Waals surface area contributed by atoms with Gasteiger partial charge in [-0.2, -0.15) is 0 Å². The molecule has 3 nitrogen and oxygen atoms in total. The Morgan fingerprint density at radius 2 is 1.53 bits per heavy atom. The first kappa shape index (κ1) is 16.9. The fraction of sp³-hybridized carbons (Fsp3) is 1.00. The van der Waals surface area contributed by atoms with E-state index < -0.39 is 0 Å². The highest BCUT2D eigenvalue weighted by molar-refractivity contribution is 4.56. The van der Waals surface area contributed by atoms with Gasteiger partial charge in [0.25, 0.3) is 0 Å². The van der Waals surface area contributed by atoms with Gasteiger partial charge in [-0.05, 0) is 53.6 Å². The molecule has 0 saturated heterocycles. The summed E-state index contributed by atoms with van der Waals surface area (Å²) < 4.78 is 0. The van der Waals surface area contributed by atoms with E-state index in [1.807, 2.05) is 0 Å². The Hall–Kier alpha value is -0.120. The van der Waals surface area contributed by atoms with Gasteiger partial charge in [0.1, 0.15) is 0 Å². The second-order valence-electron chi connectivity index (χ2n) is 5.27. The van der Waals surface area contributed by atoms with Gasteiger partial charge >= 0.3 is 0 Å². The summed E-state index contributed by atoms with van der Waals surface area (Å²) in [6.07, 6.45) is 6.68. The summed E-state index contributed by atoms with van der Waals surface area (Å²) in [4.78, 5) is 4.67. The summed E-state index contributed by atoms with van der Waals surface area (Å²) >= 11 is 0. The largest absolute Gasteiger partial charge is 0.315 e. The first-order chi connectivity index (χ1) is 8.16. The molecule has 1 N–H and O–H groups in total. The van der Waals surface area contributed by atoms with Crippen molar-refractivity contribution in [1.82, 2.24) is 15.1 Å². The van der Waals surface area contributed by atoms with Gasteiger partial charge < -0.3 is 15.1 Å². The third-order valence-corrected chi connectivity index (χ3v) is 3.02. The van der Waals surface area contributed by atoms with Crippen molar-refractivity contribution in [2.24, 2.45) is 0 Å². The molecule has 0 aliphatic rings. The molecular weight excluding hydrogens is 210 g/mol. The zero-order valence-corrected chi connectivity index (χ0v) is 12.5. The van der Waals surface area contributed by atoms with Crippen LogP contribution >= 0.6 is 0 Å². The zero-order chi connectivity index (χ0) is 12.9. The molecule has 0 aliphatic heterocycles. The number of nitrogens with one attached hydrogen (secondary N) is 1. The first-order valence-corrected chi connectivity index (χ1v) is 7.20. The highest BCUT2D eigenvalue weighted by Crippen LogP contribution is 1.96. The molecule has 0 aromatic rings. The van der Waals surface area contributed by atoms with E-state index >= 15 is 0 Å². The number of nitrogens with zero attached hydrogens (tertiary/aromatic N) is 2. The minimum Gasteiger partial charge on any atom is -0.315 e. The van der Waals surface area contributed by atoms with E-state index in [-0.39, 0.29) is 0 Å². The number of hydrogen-bond acceptors (Lipinski definition) is 3. The standard InChI is InChI=1S/C14H33N3/c1-5-6-7-8-10-15-11-14-17(4)13-9-12-16(2)3/h15H,5-14H2,1-4H3. The van der Waals surface area contributed by atoms with E-state index in [0.717, 1.165) is 6.54 Å². The Morgan fingerprint density at radius 3 is 2.18 bits per heavy atom. The maximum atomic E-state index is 3.52. The molecule has 0 aromatic heterocycles. The van der Waals surface area contributed by atoms with E-state index in [4.69, 9.17) is 0 Å². The Kier molecular flexibility index (Phi) is 12.3. The van der Waals surface area contributed by atoms with E-state index in [1.165, 1.54) is 58.3 Å². The number of likely N-dealkylation sites (N-methyl/N-ethyl adjacent to an activating group) is 1. The smallest absolute Gasteiger partial charge is 0.0104 e. The molecule has 0 saturated carbocycles. The predicted octanol–water partition coefficient (Wildman–Crippen LogP) is 2.04. The van der Waals surface area contributed by atoms with Crippen LogP contribution in [-0.2, 0) is 0 Å². The monoisotopic (exact) mass is 243 g/mol. The van der Waals surface area contributed by atoms with Crippen LogP contribution in [-0.4, -0.2) is 63.7 Å². The molecule has 0 fully saturated rings. The van der Waals surface area contributed by atoms with Crippen LogP contribution < -0.4 is 5.32 Å². The summed E-state index contributed by atoms with van der Waals surface area (Å²) in [6, 6.07) is 0. The molecule has 0 heterocycles. The fourth-order valence-corrected chi connectivity index (χ4v) is 1.84. The van der Waals surface area contributed by atoms with Gasteiger partial charge in [0.15, 0.2) is 0 Å². The van der Waals surface area contributed by atoms with Crippen LogP contribution in [0.1, 0.15) is 39.0 Å². The molecule has 104 valence electrons. The third kappa shape index (κ3) is 13.8. The van der Waals surface area contributed by atoms with Gasteiger partial charge in [-0.15, -0.1) is 0 Å². The van der Waals surface area contributed by atoms with Crippen molar-refractivity contribution >= 4 is 0 Å². The van der Waals surface area contributed by atoms with Crippen LogP contribution in [0.5, 0.6) is 0 Å². The average molecular weight is 243 g/mol. The second-order valence-corrected chi connectivity index (χ2v) is 5.27. The predicted molar refractivity (Wildman–Crippen MR) is 77.7 cm³/mol. The molecular formula is C14H33N3. The molecule has 0 spiro atoms. The summed E-state index contributed by atoms with van der Waals surface area (Å²) in [7, 11) is 6.49. The normalized spacial score (nSPS) is 11.6. The highest BCUT2D eigenvalue weighted by atomic mass is 15.1. The van der Waals surface area contributed by atoms with E-state index in [9.17, 15) is 0 Å². The Bertz CT molecular complexity index is 148. The molecule has 0 amide bonds. The average Bonchev–Trinajstić information content (AvgIpc) is 2.27. The molecule has 0 rings (SSSR count). The lowest BCUT2D eigenvalue weighted by atomic mass is 10.2. The number of rotatable bonds is 12. The summed E-state index contributed by atoms with van der Waals surface area (Å²) in [5, 5.41) is 3.52. The van der Waals surface area contributed by atoms with E-state index in [2.05, 4.69) is 43.2 Å². The Morgan fingerprint density at radius 1 is 0.765 bits per heavy atom. The minimum absolute atomic E-state index is 1.13. The summed E-state index contributed by atoms with van der Waals surface area (Å²) in [5.74, 6) is 0. The Labute approximate surface area is 109 Å². The number of unbranched alkanes of at least 4 members (excludes halogenated alkanes) is 3. The molecule has 0 aromatic carbocycles. The van der Waals surface area contributed by atoms with Crippen molar-refractivity contribution in [3.05, 3.63) is 0 Å². The van der Waals surface area contributed by atoms with Gasteiger partial charge in [0.05, 0.1) is 0 Å². The van der Waals surface area contributed by atoms with Crippen LogP contribution in [0.3, 0.4) is 0 Å². The SMILES string of the molecule is CCCCCCNCCN(C)CCCN(C)C. The quantitative estimate of drug-likeness (QED) is 0.529. The molecule has 0 unspecified atom stereocenters. The maximum Gasteiger partial charge on any atom is 0.0104 e. The van der Waals surface area contributed by atoms with Crippen molar-refractivity contribution in [2.75, 3.05) is 53.9 Å². The van der Waals surface area contributed by atoms with Crippen molar-refractivity contribution < 1.29 is 0 Å². The van der Waals surface area contributed by atoms with Gasteiger partial charge in [0, 0.05) is 13.1 Å². The molecule has 0 atom stereocenters. The lowest BCUT2D eigenvalue weighted by Crippen LogP contribution is -2.31. The third-order valence-electron chi connectivity index (χ3n) is 3.02. The highest BCUT2D eigenvalue weighted by Gasteiger charge is 1.98. The molecule has 0 radical (unpaired) electrons. The molecule has 0 aliphatic carbocycles. The minimum atomic E-state index is 1.13. The zero-order valence-electron chi connectivity index (χ0n) is 12.5. The molecule has 0 bridgehead atoms. The van der Waals surface area contributed by atoms with Crippen LogP contribution in [0.25, 0.3) is 0 Å². The Balaban J connectivity index is 3.13. The first-order valence-electron chi connectivity index (χ1n) is 7.20. The van der Waals surface area contributed by atoms with Crippen molar-refractivity contribution in [2.45, 2.75) is 39.0 Å². The maximum absolute atomic E-state index is 3.52. The second kappa shape index (κ2) is 12.3. The summed E-state index contributed by atoms with van der Waals surface area (Å²) in [6.45, 7) is 8.14. The molecule has 3 heteroatoms. The summed E-state index contributed by atoms with van der Waals surface area (Å²) in [5.41, 5.74) is 0. The van der Waals surface area contributed by atoms with Crippen LogP contribution in [0.4, 0.5) is 0 Å². The van der Waals surface area contributed by atoms with E-state index in [1.54, 1.807) is 0 Å². The van der Waals surface area contributed by atoms with Gasteiger partial charge in [0.2, 0.25) is 0 Å². The van der Waals surface area contributed by atoms with Crippen LogP contribution in [0.15, 0.2) is 0 Å². The van der Waals surface area contributed by atoms with Crippen molar-refractivity contribution in [3.63, 3.8) is 0 Å². The topological polar surface area (TPSA) is 18.5 Å². The lowest BCUT2D eigenvalue weighted by Gasteiger charge is -2.18. The fourth-order valence-electron chi connectivity index (χ4n) is 1.84. The van der Waals surface area contributed by atoms with Gasteiger partial charge in [-0.3, -0.25) is 0 Å². The van der Waals surface area contributed by atoms with Gasteiger partial charge in [-0.25, -0.2) is 0 Å². The lowest BCUT2D eigenvalue weighted by molar-refractivity contribution is 0.299. The van der Waals surface area contributed by atoms with Crippen LogP contribution in [0.2, 0.25) is 0 Å². The number of hydrogen-bond donors (Lipinski definition) is 1. The van der Waals surface area contributed by atoms with Crippen molar-refractivity contribution in [3.8, 4) is 0 Å². The molecule has 17 heavy (non-hydrogen) atoms. The van der Waals surface area contributed by atoms with Gasteiger partial charge in [-0.1, -0.05) is 26.2 Å². The van der Waals surface area contributed by atoms with Crippen LogP contribution in [0, 0.1) is 0 Å².